The van der Waals surface area contributed by atoms with Crippen molar-refractivity contribution in [3.63, 3.8) is 0 Å². The predicted octanol–water partition coefficient (Wildman–Crippen LogP) is 1.38. The molecule has 1 aliphatic carbocycles. The summed E-state index contributed by atoms with van der Waals surface area (Å²) in [6.07, 6.45) is 4.46. The largest absolute Gasteiger partial charge is 0.350 e. The maximum atomic E-state index is 11.6. The molecule has 0 atom stereocenters. The minimum absolute atomic E-state index is 0.0767. The third kappa shape index (κ3) is 2.75. The second-order valence-corrected chi connectivity index (χ2v) is 4.72. The molecular formula is C10H15N3OS. The zero-order valence-electron chi connectivity index (χ0n) is 8.75. The number of amides is 1. The van der Waals surface area contributed by atoms with Crippen LogP contribution >= 0.6 is 11.8 Å². The number of aromatic amines is 1. The molecule has 1 aliphatic rings. The van der Waals surface area contributed by atoms with Gasteiger partial charge in [0.25, 0.3) is 5.91 Å². The molecule has 1 heterocycles. The summed E-state index contributed by atoms with van der Waals surface area (Å²) >= 11 is 1.72. The van der Waals surface area contributed by atoms with Crippen molar-refractivity contribution in [2.45, 2.75) is 18.8 Å². The maximum Gasteiger partial charge on any atom is 0.271 e. The van der Waals surface area contributed by atoms with E-state index in [-0.39, 0.29) is 5.91 Å². The van der Waals surface area contributed by atoms with E-state index >= 15 is 0 Å². The number of nitrogens with zero attached hydrogens (tertiary/aromatic N) is 1. The van der Waals surface area contributed by atoms with Crippen LogP contribution in [-0.4, -0.2) is 34.7 Å². The molecular weight excluding hydrogens is 210 g/mol. The van der Waals surface area contributed by atoms with E-state index < -0.39 is 0 Å². The van der Waals surface area contributed by atoms with Crippen molar-refractivity contribution in [2.75, 3.05) is 18.6 Å². The van der Waals surface area contributed by atoms with E-state index in [1.165, 1.54) is 12.8 Å². The van der Waals surface area contributed by atoms with Gasteiger partial charge < -0.3 is 5.32 Å². The van der Waals surface area contributed by atoms with Crippen LogP contribution in [0.15, 0.2) is 6.07 Å². The minimum Gasteiger partial charge on any atom is -0.350 e. The van der Waals surface area contributed by atoms with Gasteiger partial charge in [0.2, 0.25) is 0 Å². The van der Waals surface area contributed by atoms with Crippen LogP contribution in [0.4, 0.5) is 0 Å². The molecule has 2 N–H and O–H groups in total. The van der Waals surface area contributed by atoms with E-state index in [9.17, 15) is 4.79 Å². The molecule has 4 nitrogen and oxygen atoms in total. The Kier molecular flexibility index (Phi) is 3.30. The molecule has 15 heavy (non-hydrogen) atoms. The number of H-pyrrole nitrogens is 1. The molecule has 1 saturated carbocycles. The lowest BCUT2D eigenvalue weighted by Crippen LogP contribution is -2.25. The molecule has 0 spiro atoms. The topological polar surface area (TPSA) is 57.8 Å². The van der Waals surface area contributed by atoms with E-state index in [2.05, 4.69) is 15.5 Å². The summed E-state index contributed by atoms with van der Waals surface area (Å²) in [5.41, 5.74) is 1.61. The first-order chi connectivity index (χ1) is 7.31. The molecule has 0 aromatic carbocycles. The van der Waals surface area contributed by atoms with E-state index in [1.807, 2.05) is 12.3 Å². The summed E-state index contributed by atoms with van der Waals surface area (Å²) < 4.78 is 0. The van der Waals surface area contributed by atoms with Crippen molar-refractivity contribution < 1.29 is 4.79 Å². The van der Waals surface area contributed by atoms with E-state index in [0.29, 0.717) is 18.2 Å². The number of rotatable bonds is 5. The van der Waals surface area contributed by atoms with Crippen LogP contribution in [-0.2, 0) is 0 Å². The quantitative estimate of drug-likeness (QED) is 0.744. The summed E-state index contributed by atoms with van der Waals surface area (Å²) in [4.78, 5) is 11.6. The number of carbonyl (C=O) groups is 1. The second kappa shape index (κ2) is 4.70. The van der Waals surface area contributed by atoms with Gasteiger partial charge in [0, 0.05) is 23.9 Å². The smallest absolute Gasteiger partial charge is 0.271 e. The van der Waals surface area contributed by atoms with Gasteiger partial charge in [0.05, 0.1) is 0 Å². The third-order valence-corrected chi connectivity index (χ3v) is 3.05. The summed E-state index contributed by atoms with van der Waals surface area (Å²) in [5.74, 6) is 1.48. The lowest BCUT2D eigenvalue weighted by atomic mass is 10.2. The normalized spacial score (nSPS) is 15.3. The molecule has 0 bridgehead atoms. The summed E-state index contributed by atoms with van der Waals surface area (Å²) in [6, 6.07) is 1.87. The number of carbonyl (C=O) groups excluding carboxylic acids is 1. The lowest BCUT2D eigenvalue weighted by Gasteiger charge is -1.99. The molecule has 1 aromatic rings. The predicted molar refractivity (Wildman–Crippen MR) is 61.3 cm³/mol. The Morgan fingerprint density at radius 1 is 1.73 bits per heavy atom. The first-order valence-electron chi connectivity index (χ1n) is 5.13. The number of nitrogens with one attached hydrogen (secondary N) is 2. The van der Waals surface area contributed by atoms with Gasteiger partial charge in [-0.1, -0.05) is 0 Å². The summed E-state index contributed by atoms with van der Waals surface area (Å²) in [6.45, 7) is 0.700. The Labute approximate surface area is 93.2 Å². The SMILES string of the molecule is CSCCNC(=O)c1cc(C2CC2)[nH]n1. The lowest BCUT2D eigenvalue weighted by molar-refractivity contribution is 0.0951. The molecule has 2 rings (SSSR count). The second-order valence-electron chi connectivity index (χ2n) is 3.73. The minimum atomic E-state index is -0.0767. The number of thioether (sulfide) groups is 1. The van der Waals surface area contributed by atoms with Crippen LogP contribution in [0, 0.1) is 0 Å². The van der Waals surface area contributed by atoms with Crippen molar-refractivity contribution in [2.24, 2.45) is 0 Å². The number of aromatic nitrogens is 2. The van der Waals surface area contributed by atoms with Gasteiger partial charge in [-0.3, -0.25) is 9.89 Å². The van der Waals surface area contributed by atoms with Crippen LogP contribution in [0.2, 0.25) is 0 Å². The average Bonchev–Trinajstić information content (AvgIpc) is 2.97. The Morgan fingerprint density at radius 3 is 3.20 bits per heavy atom. The van der Waals surface area contributed by atoms with E-state index in [1.54, 1.807) is 11.8 Å². The molecule has 0 radical (unpaired) electrons. The molecule has 1 fully saturated rings. The highest BCUT2D eigenvalue weighted by Crippen LogP contribution is 2.38. The molecule has 5 heteroatoms. The van der Waals surface area contributed by atoms with Gasteiger partial charge in [0.15, 0.2) is 0 Å². The third-order valence-electron chi connectivity index (χ3n) is 2.44. The first-order valence-corrected chi connectivity index (χ1v) is 6.53. The van der Waals surface area contributed by atoms with Gasteiger partial charge >= 0.3 is 0 Å². The molecule has 0 unspecified atom stereocenters. The highest BCUT2D eigenvalue weighted by Gasteiger charge is 2.26. The summed E-state index contributed by atoms with van der Waals surface area (Å²) in [5, 5.41) is 9.77. The van der Waals surface area contributed by atoms with Crippen molar-refractivity contribution >= 4 is 17.7 Å². The molecule has 82 valence electrons. The van der Waals surface area contributed by atoms with Crippen molar-refractivity contribution in [3.8, 4) is 0 Å². The van der Waals surface area contributed by atoms with Crippen LogP contribution < -0.4 is 5.32 Å². The van der Waals surface area contributed by atoms with Crippen molar-refractivity contribution in [1.29, 1.82) is 0 Å². The Balaban J connectivity index is 1.87. The number of hydrogen-bond donors (Lipinski definition) is 2. The van der Waals surface area contributed by atoms with Crippen LogP contribution in [0.5, 0.6) is 0 Å². The van der Waals surface area contributed by atoms with Gasteiger partial charge in [-0.15, -0.1) is 0 Å². The van der Waals surface area contributed by atoms with E-state index in [0.717, 1.165) is 11.4 Å². The highest BCUT2D eigenvalue weighted by molar-refractivity contribution is 7.98. The molecule has 0 saturated heterocycles. The van der Waals surface area contributed by atoms with Crippen LogP contribution in [0.25, 0.3) is 0 Å². The first kappa shape index (κ1) is 10.5. The fourth-order valence-electron chi connectivity index (χ4n) is 1.41. The fraction of sp³-hybridized carbons (Fsp3) is 0.600. The number of hydrogen-bond acceptors (Lipinski definition) is 3. The Morgan fingerprint density at radius 2 is 2.53 bits per heavy atom. The monoisotopic (exact) mass is 225 g/mol. The Hall–Kier alpha value is -0.970. The van der Waals surface area contributed by atoms with Crippen molar-refractivity contribution in [3.05, 3.63) is 17.5 Å². The highest BCUT2D eigenvalue weighted by atomic mass is 32.2. The fourth-order valence-corrected chi connectivity index (χ4v) is 1.72. The van der Waals surface area contributed by atoms with Gasteiger partial charge in [-0.2, -0.15) is 16.9 Å². The van der Waals surface area contributed by atoms with Gasteiger partial charge in [-0.25, -0.2) is 0 Å². The van der Waals surface area contributed by atoms with Crippen LogP contribution in [0.1, 0.15) is 34.9 Å². The molecule has 1 amide bonds. The zero-order valence-corrected chi connectivity index (χ0v) is 9.56. The molecule has 1 aromatic heterocycles. The summed E-state index contributed by atoms with van der Waals surface area (Å²) in [7, 11) is 0. The Bertz CT molecular complexity index is 346. The average molecular weight is 225 g/mol. The van der Waals surface area contributed by atoms with Gasteiger partial charge in [-0.05, 0) is 25.2 Å². The van der Waals surface area contributed by atoms with Gasteiger partial charge in [0.1, 0.15) is 5.69 Å². The molecule has 0 aliphatic heterocycles. The van der Waals surface area contributed by atoms with Crippen molar-refractivity contribution in [1.82, 2.24) is 15.5 Å². The standard InChI is InChI=1S/C10H15N3OS/c1-15-5-4-11-10(14)9-6-8(12-13-9)7-2-3-7/h6-7H,2-5H2,1H3,(H,11,14)(H,12,13). The zero-order chi connectivity index (χ0) is 10.7. The van der Waals surface area contributed by atoms with Crippen LogP contribution in [0.3, 0.4) is 0 Å². The van der Waals surface area contributed by atoms with E-state index in [4.69, 9.17) is 0 Å². The maximum absolute atomic E-state index is 11.6.